The number of nitrogens with two attached hydrogens (primary N) is 2. The number of aliphatic hydroxyl groups excluding tert-OH is 2. The van der Waals surface area contributed by atoms with Gasteiger partial charge in [0.05, 0.1) is 19.6 Å². The van der Waals surface area contributed by atoms with Crippen LogP contribution in [0, 0.1) is 0 Å². The minimum Gasteiger partial charge on any atom is -0.508 e. The Bertz CT molecular complexity index is 862. The molecule has 1 aromatic carbocycles. The lowest BCUT2D eigenvalue weighted by Crippen LogP contribution is -2.58. The Morgan fingerprint density at radius 1 is 0.818 bits per heavy atom. The zero-order valence-corrected chi connectivity index (χ0v) is 17.4. The van der Waals surface area contributed by atoms with Gasteiger partial charge in [0.1, 0.15) is 29.9 Å². The number of aliphatic hydroxyl groups is 2. The van der Waals surface area contributed by atoms with Crippen LogP contribution in [0.3, 0.4) is 0 Å². The summed E-state index contributed by atoms with van der Waals surface area (Å²) >= 11 is 0. The van der Waals surface area contributed by atoms with Crippen molar-refractivity contribution in [2.75, 3.05) is 13.2 Å². The van der Waals surface area contributed by atoms with E-state index in [1.807, 2.05) is 0 Å². The first-order valence-electron chi connectivity index (χ1n) is 9.65. The van der Waals surface area contributed by atoms with Crippen molar-refractivity contribution in [1.29, 1.82) is 0 Å². The van der Waals surface area contributed by atoms with Crippen LogP contribution >= 0.6 is 0 Å². The fraction of sp³-hybridized carbons (Fsp3) is 0.421. The fourth-order valence-electron chi connectivity index (χ4n) is 2.58. The predicted octanol–water partition coefficient (Wildman–Crippen LogP) is -4.34. The number of phenols is 1. The number of aliphatic carboxylic acids is 1. The third-order valence-corrected chi connectivity index (χ3v) is 4.38. The summed E-state index contributed by atoms with van der Waals surface area (Å²) in [6.07, 6.45) is -0.833. The molecule has 0 aliphatic heterocycles. The molecular weight excluding hydrogens is 442 g/mol. The number of hydrogen-bond acceptors (Lipinski definition) is 9. The van der Waals surface area contributed by atoms with E-state index in [1.165, 1.54) is 24.3 Å². The Hall–Kier alpha value is -3.75. The predicted molar refractivity (Wildman–Crippen MR) is 111 cm³/mol. The molecule has 0 heterocycles. The number of carbonyl (C=O) groups is 5. The summed E-state index contributed by atoms with van der Waals surface area (Å²) in [5.41, 5.74) is 11.0. The van der Waals surface area contributed by atoms with Crippen LogP contribution in [0.15, 0.2) is 24.3 Å². The van der Waals surface area contributed by atoms with Gasteiger partial charge in [0.25, 0.3) is 0 Å². The van der Waals surface area contributed by atoms with E-state index >= 15 is 0 Å². The monoisotopic (exact) mass is 469 g/mol. The number of phenolic OH excluding ortho intramolecular Hbond substituents is 1. The lowest BCUT2D eigenvalue weighted by atomic mass is 10.0. The maximum Gasteiger partial charge on any atom is 0.328 e. The van der Waals surface area contributed by atoms with Crippen molar-refractivity contribution in [3.63, 3.8) is 0 Å². The molecule has 0 saturated heterocycles. The van der Waals surface area contributed by atoms with E-state index in [1.54, 1.807) is 0 Å². The van der Waals surface area contributed by atoms with Gasteiger partial charge >= 0.3 is 5.97 Å². The van der Waals surface area contributed by atoms with Crippen LogP contribution in [0.1, 0.15) is 12.0 Å². The highest BCUT2D eigenvalue weighted by Gasteiger charge is 2.31. The van der Waals surface area contributed by atoms with E-state index in [9.17, 15) is 29.1 Å². The summed E-state index contributed by atoms with van der Waals surface area (Å²) in [6, 6.07) is -0.439. The number of benzene rings is 1. The first kappa shape index (κ1) is 27.3. The van der Waals surface area contributed by atoms with Gasteiger partial charge in [0.2, 0.25) is 23.6 Å². The first-order chi connectivity index (χ1) is 15.5. The van der Waals surface area contributed by atoms with Gasteiger partial charge in [-0.3, -0.25) is 19.2 Å². The molecule has 0 saturated carbocycles. The molecule has 4 atom stereocenters. The van der Waals surface area contributed by atoms with Crippen molar-refractivity contribution in [2.45, 2.75) is 37.0 Å². The molecule has 0 spiro atoms. The SMILES string of the molecule is NC(=O)CC(NC(=O)C(N)CO)C(=O)NC(Cc1ccc(O)cc1)C(=O)NC(CO)C(=O)O. The zero-order valence-electron chi connectivity index (χ0n) is 17.4. The number of carboxylic acids is 1. The molecule has 0 aliphatic carbocycles. The van der Waals surface area contributed by atoms with E-state index in [0.29, 0.717) is 5.56 Å². The molecule has 0 bridgehead atoms. The number of aromatic hydroxyl groups is 1. The van der Waals surface area contributed by atoms with Gasteiger partial charge in [-0.2, -0.15) is 0 Å². The lowest BCUT2D eigenvalue weighted by Gasteiger charge is -2.24. The van der Waals surface area contributed by atoms with E-state index in [4.69, 9.17) is 26.8 Å². The number of carboxylic acid groups (broad SMARTS) is 1. The van der Waals surface area contributed by atoms with Crippen LogP contribution in [0.2, 0.25) is 0 Å². The fourth-order valence-corrected chi connectivity index (χ4v) is 2.58. The number of carbonyl (C=O) groups excluding carboxylic acids is 4. The molecule has 33 heavy (non-hydrogen) atoms. The Morgan fingerprint density at radius 3 is 1.82 bits per heavy atom. The molecular formula is C19H27N5O9. The Kier molecular flexibility index (Phi) is 10.7. The minimum absolute atomic E-state index is 0.0561. The highest BCUT2D eigenvalue weighted by Crippen LogP contribution is 2.12. The van der Waals surface area contributed by atoms with Crippen molar-refractivity contribution < 1.29 is 44.4 Å². The van der Waals surface area contributed by atoms with E-state index < -0.39 is 73.4 Å². The third-order valence-electron chi connectivity index (χ3n) is 4.38. The van der Waals surface area contributed by atoms with Gasteiger partial charge < -0.3 is 47.8 Å². The van der Waals surface area contributed by atoms with Gasteiger partial charge in [-0.05, 0) is 17.7 Å². The maximum absolute atomic E-state index is 12.8. The molecule has 11 N–H and O–H groups in total. The Balaban J connectivity index is 3.12. The molecule has 0 aromatic heterocycles. The summed E-state index contributed by atoms with van der Waals surface area (Å²) < 4.78 is 0. The standard InChI is InChI=1S/C19H27N5O9/c20-11(7-25)16(29)22-13(6-15(21)28)18(31)23-12(5-9-1-3-10(27)4-2-9)17(30)24-14(8-26)19(32)33/h1-4,11-14,25-27H,5-8,20H2,(H2,21,28)(H,22,29)(H,23,31)(H,24,30)(H,32,33). The lowest BCUT2D eigenvalue weighted by molar-refractivity contribution is -0.143. The van der Waals surface area contributed by atoms with Crippen LogP contribution in [0.5, 0.6) is 5.75 Å². The Labute approximate surface area is 187 Å². The summed E-state index contributed by atoms with van der Waals surface area (Å²) in [6.45, 7) is -1.65. The summed E-state index contributed by atoms with van der Waals surface area (Å²) in [5.74, 6) is -5.48. The Morgan fingerprint density at radius 2 is 1.33 bits per heavy atom. The molecule has 1 aromatic rings. The summed E-state index contributed by atoms with van der Waals surface area (Å²) in [4.78, 5) is 59.8. The molecule has 1 rings (SSSR count). The minimum atomic E-state index is -1.65. The molecule has 0 aliphatic rings. The van der Waals surface area contributed by atoms with Crippen molar-refractivity contribution in [3.8, 4) is 5.75 Å². The molecule has 14 heteroatoms. The van der Waals surface area contributed by atoms with Gasteiger partial charge in [-0.25, -0.2) is 4.79 Å². The number of hydrogen-bond donors (Lipinski definition) is 9. The average Bonchev–Trinajstić information content (AvgIpc) is 2.76. The van der Waals surface area contributed by atoms with Crippen LogP contribution in [-0.2, 0) is 30.4 Å². The van der Waals surface area contributed by atoms with Crippen LogP contribution in [0.4, 0.5) is 0 Å². The first-order valence-corrected chi connectivity index (χ1v) is 9.65. The zero-order chi connectivity index (χ0) is 25.1. The second-order valence-electron chi connectivity index (χ2n) is 7.03. The van der Waals surface area contributed by atoms with Crippen molar-refractivity contribution in [1.82, 2.24) is 16.0 Å². The van der Waals surface area contributed by atoms with Gasteiger partial charge in [-0.1, -0.05) is 12.1 Å². The number of amides is 4. The molecule has 0 radical (unpaired) electrons. The van der Waals surface area contributed by atoms with Crippen LogP contribution < -0.4 is 27.4 Å². The normalized spacial score (nSPS) is 14.3. The molecule has 0 fully saturated rings. The summed E-state index contributed by atoms with van der Waals surface area (Å²) in [7, 11) is 0. The largest absolute Gasteiger partial charge is 0.508 e. The van der Waals surface area contributed by atoms with Crippen molar-refractivity contribution in [2.24, 2.45) is 11.5 Å². The van der Waals surface area contributed by atoms with Crippen molar-refractivity contribution >= 4 is 29.6 Å². The molecule has 4 amide bonds. The quantitative estimate of drug-likeness (QED) is 0.134. The number of nitrogens with one attached hydrogen (secondary N) is 3. The van der Waals surface area contributed by atoms with Gasteiger partial charge in [0, 0.05) is 6.42 Å². The second-order valence-corrected chi connectivity index (χ2v) is 7.03. The molecule has 4 unspecified atom stereocenters. The average molecular weight is 469 g/mol. The van der Waals surface area contributed by atoms with Gasteiger partial charge in [0.15, 0.2) is 0 Å². The van der Waals surface area contributed by atoms with E-state index in [2.05, 4.69) is 16.0 Å². The highest BCUT2D eigenvalue weighted by molar-refractivity contribution is 5.96. The third kappa shape index (κ3) is 9.10. The topological polar surface area (TPSA) is 254 Å². The second kappa shape index (κ2) is 12.9. The van der Waals surface area contributed by atoms with Crippen LogP contribution in [0.25, 0.3) is 0 Å². The number of rotatable bonds is 13. The van der Waals surface area contributed by atoms with E-state index in [0.717, 1.165) is 0 Å². The van der Waals surface area contributed by atoms with Crippen molar-refractivity contribution in [3.05, 3.63) is 29.8 Å². The smallest absolute Gasteiger partial charge is 0.328 e. The summed E-state index contributed by atoms with van der Waals surface area (Å²) in [5, 5.41) is 43.1. The van der Waals surface area contributed by atoms with Gasteiger partial charge in [-0.15, -0.1) is 0 Å². The molecule has 182 valence electrons. The highest BCUT2D eigenvalue weighted by atomic mass is 16.4. The van der Waals surface area contributed by atoms with E-state index in [-0.39, 0.29) is 12.2 Å². The van der Waals surface area contributed by atoms with Crippen LogP contribution in [-0.4, -0.2) is 87.4 Å². The maximum atomic E-state index is 12.8. The number of primary amides is 1. The molecule has 14 nitrogen and oxygen atoms in total.